The van der Waals surface area contributed by atoms with E-state index in [-0.39, 0.29) is 0 Å². The predicted octanol–water partition coefficient (Wildman–Crippen LogP) is 3.95. The molecule has 13 heavy (non-hydrogen) atoms. The zero-order valence-electron chi connectivity index (χ0n) is 8.39. The molecule has 0 fully saturated rings. The topological polar surface area (TPSA) is 0 Å². The van der Waals surface area contributed by atoms with E-state index in [0.717, 1.165) is 12.8 Å². The Balaban J connectivity index is 2.37. The zero-order chi connectivity index (χ0) is 9.68. The van der Waals surface area contributed by atoms with Gasteiger partial charge in [0.15, 0.2) is 0 Å². The number of alkyl halides is 1. The molecule has 0 aromatic heterocycles. The average molecular weight is 197 g/mol. The first-order valence-electron chi connectivity index (χ1n) is 4.88. The second kappa shape index (κ2) is 5.29. The summed E-state index contributed by atoms with van der Waals surface area (Å²) in [6.07, 6.45) is 3.45. The molecule has 72 valence electrons. The lowest BCUT2D eigenvalue weighted by atomic mass is 10.1. The van der Waals surface area contributed by atoms with Gasteiger partial charge in [0, 0.05) is 5.38 Å². The SMILES string of the molecule is Cc1cccc(CCCC(C)Cl)c1. The minimum atomic E-state index is 0.310. The first-order chi connectivity index (χ1) is 6.18. The first kappa shape index (κ1) is 10.6. The standard InChI is InChI=1S/C12H17Cl/c1-10-5-3-7-12(9-10)8-4-6-11(2)13/h3,5,7,9,11H,4,6,8H2,1-2H3. The molecule has 0 bridgehead atoms. The third-order valence-electron chi connectivity index (χ3n) is 2.15. The molecule has 0 saturated heterocycles. The molecule has 1 atom stereocenters. The molecule has 0 heterocycles. The van der Waals surface area contributed by atoms with Crippen molar-refractivity contribution >= 4 is 11.6 Å². The minimum Gasteiger partial charge on any atom is -0.123 e. The van der Waals surface area contributed by atoms with Gasteiger partial charge < -0.3 is 0 Å². The van der Waals surface area contributed by atoms with Crippen molar-refractivity contribution in [3.05, 3.63) is 35.4 Å². The van der Waals surface area contributed by atoms with E-state index in [0.29, 0.717) is 5.38 Å². The average Bonchev–Trinajstić information content (AvgIpc) is 2.03. The molecule has 0 N–H and O–H groups in total. The van der Waals surface area contributed by atoms with Crippen molar-refractivity contribution in [2.75, 3.05) is 0 Å². The Kier molecular flexibility index (Phi) is 4.31. The van der Waals surface area contributed by atoms with Crippen LogP contribution in [0.1, 0.15) is 30.9 Å². The quantitative estimate of drug-likeness (QED) is 0.640. The fourth-order valence-electron chi connectivity index (χ4n) is 1.46. The van der Waals surface area contributed by atoms with Crippen LogP contribution >= 0.6 is 11.6 Å². The summed E-state index contributed by atoms with van der Waals surface area (Å²) in [5, 5.41) is 0.310. The molecule has 1 rings (SSSR count). The van der Waals surface area contributed by atoms with Crippen LogP contribution < -0.4 is 0 Å². The van der Waals surface area contributed by atoms with Crippen LogP contribution in [0.4, 0.5) is 0 Å². The van der Waals surface area contributed by atoms with Crippen molar-refractivity contribution in [3.63, 3.8) is 0 Å². The Labute approximate surface area is 85.9 Å². The van der Waals surface area contributed by atoms with Gasteiger partial charge in [0.2, 0.25) is 0 Å². The molecule has 0 aliphatic carbocycles. The monoisotopic (exact) mass is 196 g/mol. The molecule has 0 nitrogen and oxygen atoms in total. The molecule has 0 saturated carbocycles. The van der Waals surface area contributed by atoms with Crippen LogP contribution in [0.2, 0.25) is 0 Å². The highest BCUT2D eigenvalue weighted by Gasteiger charge is 1.97. The summed E-state index contributed by atoms with van der Waals surface area (Å²) in [7, 11) is 0. The summed E-state index contributed by atoms with van der Waals surface area (Å²) in [5.41, 5.74) is 2.77. The lowest BCUT2D eigenvalue weighted by Crippen LogP contribution is -1.93. The molecule has 1 aromatic carbocycles. The maximum Gasteiger partial charge on any atom is 0.0308 e. The Hall–Kier alpha value is -0.490. The second-order valence-corrected chi connectivity index (χ2v) is 4.41. The van der Waals surface area contributed by atoms with E-state index in [4.69, 9.17) is 11.6 Å². The third kappa shape index (κ3) is 4.33. The maximum atomic E-state index is 5.88. The number of benzene rings is 1. The van der Waals surface area contributed by atoms with Crippen LogP contribution in [0.3, 0.4) is 0 Å². The lowest BCUT2D eigenvalue weighted by molar-refractivity contribution is 0.723. The van der Waals surface area contributed by atoms with E-state index in [1.54, 1.807) is 0 Å². The summed E-state index contributed by atoms with van der Waals surface area (Å²) in [6.45, 7) is 4.19. The second-order valence-electron chi connectivity index (χ2n) is 3.66. The van der Waals surface area contributed by atoms with Gasteiger partial charge in [-0.25, -0.2) is 0 Å². The minimum absolute atomic E-state index is 0.310. The highest BCUT2D eigenvalue weighted by Crippen LogP contribution is 2.10. The molecule has 1 aromatic rings. The fourth-order valence-corrected chi connectivity index (χ4v) is 1.61. The van der Waals surface area contributed by atoms with Crippen molar-refractivity contribution in [3.8, 4) is 0 Å². The van der Waals surface area contributed by atoms with Crippen molar-refractivity contribution in [1.29, 1.82) is 0 Å². The van der Waals surface area contributed by atoms with Gasteiger partial charge in [0.25, 0.3) is 0 Å². The van der Waals surface area contributed by atoms with Gasteiger partial charge in [-0.05, 0) is 38.7 Å². The molecule has 0 spiro atoms. The van der Waals surface area contributed by atoms with Crippen LogP contribution in [-0.2, 0) is 6.42 Å². The summed E-state index contributed by atoms with van der Waals surface area (Å²) >= 11 is 5.88. The lowest BCUT2D eigenvalue weighted by Gasteiger charge is -2.03. The first-order valence-corrected chi connectivity index (χ1v) is 5.32. The van der Waals surface area contributed by atoms with Gasteiger partial charge in [-0.3, -0.25) is 0 Å². The predicted molar refractivity (Wildman–Crippen MR) is 59.4 cm³/mol. The van der Waals surface area contributed by atoms with Crippen molar-refractivity contribution in [2.24, 2.45) is 0 Å². The molecule has 0 radical (unpaired) electrons. The molecule has 0 aliphatic heterocycles. The van der Waals surface area contributed by atoms with Gasteiger partial charge in [-0.2, -0.15) is 0 Å². The largest absolute Gasteiger partial charge is 0.123 e. The fraction of sp³-hybridized carbons (Fsp3) is 0.500. The van der Waals surface area contributed by atoms with Crippen molar-refractivity contribution in [1.82, 2.24) is 0 Å². The molecular weight excluding hydrogens is 180 g/mol. The van der Waals surface area contributed by atoms with E-state index in [9.17, 15) is 0 Å². The Morgan fingerprint density at radius 2 is 2.15 bits per heavy atom. The zero-order valence-corrected chi connectivity index (χ0v) is 9.14. The van der Waals surface area contributed by atoms with Crippen LogP contribution in [0, 0.1) is 6.92 Å². The normalized spacial score (nSPS) is 12.8. The van der Waals surface area contributed by atoms with E-state index >= 15 is 0 Å². The highest BCUT2D eigenvalue weighted by molar-refractivity contribution is 6.20. The van der Waals surface area contributed by atoms with E-state index < -0.39 is 0 Å². The smallest absolute Gasteiger partial charge is 0.0308 e. The third-order valence-corrected chi connectivity index (χ3v) is 2.37. The molecule has 1 unspecified atom stereocenters. The van der Waals surface area contributed by atoms with Gasteiger partial charge in [0.05, 0.1) is 0 Å². The molecule has 0 amide bonds. The molecule has 1 heteroatoms. The van der Waals surface area contributed by atoms with Crippen LogP contribution in [0.15, 0.2) is 24.3 Å². The van der Waals surface area contributed by atoms with E-state index in [1.165, 1.54) is 17.5 Å². The Morgan fingerprint density at radius 3 is 2.77 bits per heavy atom. The van der Waals surface area contributed by atoms with Crippen LogP contribution in [0.25, 0.3) is 0 Å². The highest BCUT2D eigenvalue weighted by atomic mass is 35.5. The van der Waals surface area contributed by atoms with E-state index in [1.807, 2.05) is 0 Å². The van der Waals surface area contributed by atoms with Gasteiger partial charge in [-0.1, -0.05) is 29.8 Å². The van der Waals surface area contributed by atoms with Crippen molar-refractivity contribution in [2.45, 2.75) is 38.5 Å². The molecular formula is C12H17Cl. The Bertz CT molecular complexity index is 253. The number of rotatable bonds is 4. The van der Waals surface area contributed by atoms with Crippen molar-refractivity contribution < 1.29 is 0 Å². The number of halogens is 1. The van der Waals surface area contributed by atoms with Gasteiger partial charge in [-0.15, -0.1) is 11.6 Å². The van der Waals surface area contributed by atoms with Crippen LogP contribution in [-0.4, -0.2) is 5.38 Å². The molecule has 0 aliphatic rings. The number of aryl methyl sites for hydroxylation is 2. The number of hydrogen-bond donors (Lipinski definition) is 0. The Morgan fingerprint density at radius 1 is 1.38 bits per heavy atom. The van der Waals surface area contributed by atoms with Gasteiger partial charge >= 0.3 is 0 Å². The summed E-state index contributed by atoms with van der Waals surface area (Å²) in [6, 6.07) is 8.69. The maximum absolute atomic E-state index is 5.88. The van der Waals surface area contributed by atoms with Crippen LogP contribution in [0.5, 0.6) is 0 Å². The number of hydrogen-bond acceptors (Lipinski definition) is 0. The van der Waals surface area contributed by atoms with E-state index in [2.05, 4.69) is 38.1 Å². The summed E-state index contributed by atoms with van der Waals surface area (Å²) in [5.74, 6) is 0. The summed E-state index contributed by atoms with van der Waals surface area (Å²) < 4.78 is 0. The van der Waals surface area contributed by atoms with Gasteiger partial charge in [0.1, 0.15) is 0 Å². The summed E-state index contributed by atoms with van der Waals surface area (Å²) in [4.78, 5) is 0.